The number of carboxylic acids is 1. The lowest BCUT2D eigenvalue weighted by Crippen LogP contribution is -2.16. The number of anilines is 1. The highest BCUT2D eigenvalue weighted by Crippen LogP contribution is 2.34. The Kier molecular flexibility index (Phi) is 5.76. The van der Waals surface area contributed by atoms with Crippen LogP contribution in [0.5, 0.6) is 5.75 Å². The number of aliphatic carboxylic acids is 1. The number of nitrogens with zero attached hydrogens (tertiary/aromatic N) is 1. The predicted molar refractivity (Wildman–Crippen MR) is 74.2 cm³/mol. The van der Waals surface area contributed by atoms with Crippen molar-refractivity contribution >= 4 is 17.3 Å². The average Bonchev–Trinajstić information content (AvgIpc) is 2.37. The number of hydrogen-bond donors (Lipinski definition) is 2. The normalized spacial score (nSPS) is 11.7. The van der Waals surface area contributed by atoms with Gasteiger partial charge in [-0.15, -0.1) is 0 Å². The number of hydrogen-bond acceptors (Lipinski definition) is 5. The van der Waals surface area contributed by atoms with E-state index >= 15 is 0 Å². The van der Waals surface area contributed by atoms with Gasteiger partial charge in [-0.2, -0.15) is 0 Å². The zero-order valence-electron chi connectivity index (χ0n) is 11.5. The Balaban J connectivity index is 2.76. The molecular weight excluding hydrogens is 264 g/mol. The van der Waals surface area contributed by atoms with Crippen LogP contribution in [0.3, 0.4) is 0 Å². The van der Waals surface area contributed by atoms with Crippen LogP contribution < -0.4 is 10.1 Å². The average molecular weight is 282 g/mol. The van der Waals surface area contributed by atoms with Crippen LogP contribution >= 0.6 is 0 Å². The summed E-state index contributed by atoms with van der Waals surface area (Å²) in [6.45, 7) is 1.85. The third-order valence-electron chi connectivity index (χ3n) is 2.83. The number of rotatable bonds is 8. The van der Waals surface area contributed by atoms with Gasteiger partial charge in [0.25, 0.3) is 0 Å². The lowest BCUT2D eigenvalue weighted by Gasteiger charge is -2.15. The van der Waals surface area contributed by atoms with Crippen LogP contribution in [-0.4, -0.2) is 29.2 Å². The number of nitrogens with one attached hydrogen (secondary N) is 1. The summed E-state index contributed by atoms with van der Waals surface area (Å²) in [6, 6.07) is 4.73. The van der Waals surface area contributed by atoms with Crippen molar-refractivity contribution in [3.63, 3.8) is 0 Å². The quantitative estimate of drug-likeness (QED) is 0.561. The van der Waals surface area contributed by atoms with Crippen LogP contribution in [0, 0.1) is 10.1 Å². The molecule has 0 heterocycles. The molecule has 0 aromatic heterocycles. The Hall–Kier alpha value is -2.31. The zero-order valence-corrected chi connectivity index (χ0v) is 11.5. The van der Waals surface area contributed by atoms with E-state index in [1.165, 1.54) is 13.2 Å². The molecule has 7 heteroatoms. The Morgan fingerprint density at radius 3 is 2.80 bits per heavy atom. The minimum atomic E-state index is -0.843. The summed E-state index contributed by atoms with van der Waals surface area (Å²) in [5.74, 6) is -0.651. The lowest BCUT2D eigenvalue weighted by atomic mass is 10.1. The van der Waals surface area contributed by atoms with Crippen LogP contribution in [0.25, 0.3) is 0 Å². The van der Waals surface area contributed by atoms with Gasteiger partial charge in [0, 0.05) is 12.5 Å². The van der Waals surface area contributed by atoms with Gasteiger partial charge in [0.1, 0.15) is 5.69 Å². The number of nitro groups is 1. The minimum Gasteiger partial charge on any atom is -0.490 e. The number of methoxy groups -OCH3 is 1. The van der Waals surface area contributed by atoms with Gasteiger partial charge in [-0.25, -0.2) is 0 Å². The Labute approximate surface area is 116 Å². The topological polar surface area (TPSA) is 102 Å². The molecule has 1 atom stereocenters. The van der Waals surface area contributed by atoms with Gasteiger partial charge in [0.15, 0.2) is 5.75 Å². The molecule has 20 heavy (non-hydrogen) atoms. The molecule has 0 spiro atoms. The Bertz CT molecular complexity index is 490. The molecule has 0 saturated heterocycles. The molecular formula is C13H18N2O5. The predicted octanol–water partition coefficient (Wildman–Crippen LogP) is 2.66. The summed E-state index contributed by atoms with van der Waals surface area (Å²) in [5, 5.41) is 22.7. The molecule has 0 amide bonds. The van der Waals surface area contributed by atoms with Crippen molar-refractivity contribution in [2.24, 2.45) is 0 Å². The van der Waals surface area contributed by atoms with Crippen molar-refractivity contribution in [1.29, 1.82) is 0 Å². The van der Waals surface area contributed by atoms with Crippen molar-refractivity contribution in [2.45, 2.75) is 32.2 Å². The van der Waals surface area contributed by atoms with Crippen molar-refractivity contribution in [2.75, 3.05) is 12.4 Å². The Morgan fingerprint density at radius 1 is 1.55 bits per heavy atom. The summed E-state index contributed by atoms with van der Waals surface area (Å²) < 4.78 is 4.98. The summed E-state index contributed by atoms with van der Waals surface area (Å²) in [4.78, 5) is 21.0. The van der Waals surface area contributed by atoms with Crippen LogP contribution in [0.1, 0.15) is 26.2 Å². The van der Waals surface area contributed by atoms with Gasteiger partial charge in [-0.1, -0.05) is 6.07 Å². The monoisotopic (exact) mass is 282 g/mol. The SMILES string of the molecule is COc1cccc(NC(C)CCCC(=O)O)c1[N+](=O)[O-]. The van der Waals surface area contributed by atoms with Crippen LogP contribution in [0.2, 0.25) is 0 Å². The first kappa shape index (κ1) is 15.7. The number of carbonyl (C=O) groups is 1. The molecule has 0 bridgehead atoms. The van der Waals surface area contributed by atoms with E-state index in [4.69, 9.17) is 9.84 Å². The van der Waals surface area contributed by atoms with Crippen molar-refractivity contribution in [3.05, 3.63) is 28.3 Å². The number of para-hydroxylation sites is 1. The van der Waals surface area contributed by atoms with Gasteiger partial charge < -0.3 is 15.2 Å². The third-order valence-corrected chi connectivity index (χ3v) is 2.83. The number of benzene rings is 1. The molecule has 0 aliphatic carbocycles. The van der Waals surface area contributed by atoms with E-state index in [-0.39, 0.29) is 23.9 Å². The number of nitro benzene ring substituents is 1. The molecule has 110 valence electrons. The standard InChI is InChI=1S/C13H18N2O5/c1-9(5-3-8-12(16)17)14-10-6-4-7-11(20-2)13(10)15(18)19/h4,6-7,9,14H,3,5,8H2,1-2H3,(H,16,17). The third kappa shape index (κ3) is 4.42. The molecule has 0 radical (unpaired) electrons. The van der Waals surface area contributed by atoms with Crippen LogP contribution in [0.15, 0.2) is 18.2 Å². The van der Waals surface area contributed by atoms with Crippen molar-refractivity contribution in [3.8, 4) is 5.75 Å². The lowest BCUT2D eigenvalue weighted by molar-refractivity contribution is -0.384. The maximum atomic E-state index is 11.1. The number of ether oxygens (including phenoxy) is 1. The summed E-state index contributed by atoms with van der Waals surface area (Å²) in [7, 11) is 1.38. The van der Waals surface area contributed by atoms with Gasteiger partial charge in [-0.05, 0) is 31.9 Å². The fourth-order valence-corrected chi connectivity index (χ4v) is 1.89. The molecule has 1 aromatic rings. The van der Waals surface area contributed by atoms with E-state index in [0.29, 0.717) is 18.5 Å². The van der Waals surface area contributed by atoms with E-state index in [1.807, 2.05) is 6.92 Å². The van der Waals surface area contributed by atoms with E-state index < -0.39 is 10.9 Å². The second-order valence-corrected chi connectivity index (χ2v) is 4.44. The van der Waals surface area contributed by atoms with Crippen molar-refractivity contribution in [1.82, 2.24) is 0 Å². The second kappa shape index (κ2) is 7.32. The molecule has 7 nitrogen and oxygen atoms in total. The van der Waals surface area contributed by atoms with E-state index in [2.05, 4.69) is 5.32 Å². The Morgan fingerprint density at radius 2 is 2.25 bits per heavy atom. The van der Waals surface area contributed by atoms with Crippen LogP contribution in [-0.2, 0) is 4.79 Å². The maximum Gasteiger partial charge on any atom is 0.333 e. The molecule has 0 fully saturated rings. The highest BCUT2D eigenvalue weighted by molar-refractivity contribution is 5.69. The van der Waals surface area contributed by atoms with E-state index in [9.17, 15) is 14.9 Å². The molecule has 1 rings (SSSR count). The van der Waals surface area contributed by atoms with Crippen LogP contribution in [0.4, 0.5) is 11.4 Å². The highest BCUT2D eigenvalue weighted by atomic mass is 16.6. The fourth-order valence-electron chi connectivity index (χ4n) is 1.89. The second-order valence-electron chi connectivity index (χ2n) is 4.44. The summed E-state index contributed by atoms with van der Waals surface area (Å²) >= 11 is 0. The molecule has 2 N–H and O–H groups in total. The number of carboxylic acid groups (broad SMARTS) is 1. The van der Waals surface area contributed by atoms with E-state index in [0.717, 1.165) is 0 Å². The maximum absolute atomic E-state index is 11.1. The summed E-state index contributed by atoms with van der Waals surface area (Å²) in [6.07, 6.45) is 1.22. The first-order valence-corrected chi connectivity index (χ1v) is 6.25. The largest absolute Gasteiger partial charge is 0.490 e. The molecule has 0 aliphatic heterocycles. The first-order chi connectivity index (χ1) is 9.45. The van der Waals surface area contributed by atoms with E-state index in [1.54, 1.807) is 12.1 Å². The van der Waals surface area contributed by atoms with Crippen molar-refractivity contribution < 1.29 is 19.6 Å². The highest BCUT2D eigenvalue weighted by Gasteiger charge is 2.21. The molecule has 1 aromatic carbocycles. The van der Waals surface area contributed by atoms with Gasteiger partial charge >= 0.3 is 11.7 Å². The summed E-state index contributed by atoms with van der Waals surface area (Å²) in [5.41, 5.74) is 0.261. The zero-order chi connectivity index (χ0) is 15.1. The smallest absolute Gasteiger partial charge is 0.333 e. The van der Waals surface area contributed by atoms with Gasteiger partial charge in [0.2, 0.25) is 0 Å². The first-order valence-electron chi connectivity index (χ1n) is 6.25. The molecule has 1 unspecified atom stereocenters. The van der Waals surface area contributed by atoms with Gasteiger partial charge in [0.05, 0.1) is 12.0 Å². The molecule has 0 saturated carbocycles. The molecule has 0 aliphatic rings. The fraction of sp³-hybridized carbons (Fsp3) is 0.462. The minimum absolute atomic E-state index is 0.0693. The van der Waals surface area contributed by atoms with Gasteiger partial charge in [-0.3, -0.25) is 14.9 Å².